The highest BCUT2D eigenvalue weighted by atomic mass is 16.6. The summed E-state index contributed by atoms with van der Waals surface area (Å²) in [5.41, 5.74) is 4.63. The zero-order valence-electron chi connectivity index (χ0n) is 18.8. The molecule has 10 nitrogen and oxygen atoms in total. The summed E-state index contributed by atoms with van der Waals surface area (Å²) < 4.78 is 12.6. The molecule has 0 saturated carbocycles. The Morgan fingerprint density at radius 1 is 1.24 bits per heavy atom. The average Bonchev–Trinajstić information content (AvgIpc) is 3.11. The molecular weight excluding hydrogens is 426 g/mol. The van der Waals surface area contributed by atoms with Crippen molar-refractivity contribution in [3.63, 3.8) is 0 Å². The number of hydrogen-bond acceptors (Lipinski definition) is 7. The molecule has 1 unspecified atom stereocenters. The third-order valence-corrected chi connectivity index (χ3v) is 5.03. The largest absolute Gasteiger partial charge is 0.493 e. The van der Waals surface area contributed by atoms with Gasteiger partial charge in [-0.05, 0) is 50.1 Å². The molecule has 0 fully saturated rings. The van der Waals surface area contributed by atoms with Gasteiger partial charge in [0.15, 0.2) is 11.5 Å². The molecule has 3 aromatic rings. The normalized spacial score (nSPS) is 11.9. The van der Waals surface area contributed by atoms with Crippen LogP contribution in [-0.2, 0) is 11.4 Å². The Kier molecular flexibility index (Phi) is 7.39. The topological polar surface area (TPSA) is 121 Å². The number of amides is 1. The number of nitrogens with zero attached hydrogens (tertiary/aromatic N) is 4. The average molecular weight is 451 g/mol. The smallest absolute Gasteiger partial charge is 0.312 e. The van der Waals surface area contributed by atoms with Crippen LogP contribution in [0.15, 0.2) is 53.6 Å². The van der Waals surface area contributed by atoms with Gasteiger partial charge >= 0.3 is 5.69 Å². The Morgan fingerprint density at radius 2 is 1.97 bits per heavy atom. The van der Waals surface area contributed by atoms with Crippen LogP contribution in [0.2, 0.25) is 0 Å². The fraction of sp³-hybridized carbons (Fsp3) is 0.261. The van der Waals surface area contributed by atoms with Crippen molar-refractivity contribution in [3.8, 4) is 11.5 Å². The van der Waals surface area contributed by atoms with Crippen LogP contribution >= 0.6 is 0 Å². The van der Waals surface area contributed by atoms with Gasteiger partial charge in [-0.15, -0.1) is 0 Å². The Bertz CT molecular complexity index is 1170. The molecule has 2 aromatic carbocycles. The summed E-state index contributed by atoms with van der Waals surface area (Å²) >= 11 is 0. The van der Waals surface area contributed by atoms with Crippen LogP contribution in [0.5, 0.6) is 11.5 Å². The Balaban J connectivity index is 1.64. The van der Waals surface area contributed by atoms with Gasteiger partial charge in [-0.2, -0.15) is 10.2 Å². The zero-order valence-corrected chi connectivity index (χ0v) is 18.8. The van der Waals surface area contributed by atoms with Gasteiger partial charge in [0, 0.05) is 0 Å². The summed E-state index contributed by atoms with van der Waals surface area (Å²) in [6.07, 6.45) is 1.47. The molecule has 1 heterocycles. The van der Waals surface area contributed by atoms with E-state index in [4.69, 9.17) is 9.47 Å². The molecule has 172 valence electrons. The highest BCUT2D eigenvalue weighted by Gasteiger charge is 2.26. The summed E-state index contributed by atoms with van der Waals surface area (Å²) in [5, 5.41) is 19.3. The van der Waals surface area contributed by atoms with E-state index in [0.717, 1.165) is 5.56 Å². The maximum absolute atomic E-state index is 12.5. The lowest BCUT2D eigenvalue weighted by molar-refractivity contribution is -0.386. The van der Waals surface area contributed by atoms with Crippen molar-refractivity contribution in [1.29, 1.82) is 0 Å². The van der Waals surface area contributed by atoms with Crippen LogP contribution in [0, 0.1) is 24.0 Å². The minimum Gasteiger partial charge on any atom is -0.493 e. The molecule has 1 atom stereocenters. The van der Waals surface area contributed by atoms with Crippen LogP contribution in [0.1, 0.15) is 35.5 Å². The molecule has 0 bridgehead atoms. The number of hydrogen-bond donors (Lipinski definition) is 1. The molecular formula is C23H25N5O5. The molecule has 3 rings (SSSR count). The standard InChI is InChI=1S/C23H25N5O5/c1-15-22(28(30)31)16(2)27(26-15)17(3)23(29)25-24-13-19-10-11-20(21(12-19)32-4)33-14-18-8-6-5-7-9-18/h5-13,17H,14H2,1-4H3,(H,25,29)/b24-13+. The van der Waals surface area contributed by atoms with Crippen LogP contribution < -0.4 is 14.9 Å². The molecule has 33 heavy (non-hydrogen) atoms. The third-order valence-electron chi connectivity index (χ3n) is 5.03. The van der Waals surface area contributed by atoms with Gasteiger partial charge < -0.3 is 9.47 Å². The summed E-state index contributed by atoms with van der Waals surface area (Å²) in [4.78, 5) is 23.1. The lowest BCUT2D eigenvalue weighted by atomic mass is 10.2. The molecule has 1 amide bonds. The number of carbonyl (C=O) groups is 1. The molecule has 0 aliphatic rings. The summed E-state index contributed by atoms with van der Waals surface area (Å²) in [6, 6.07) is 14.3. The first-order valence-electron chi connectivity index (χ1n) is 10.2. The number of hydrazone groups is 1. The molecule has 0 saturated heterocycles. The molecule has 0 aliphatic carbocycles. The van der Waals surface area contributed by atoms with Gasteiger partial charge in [-0.1, -0.05) is 30.3 Å². The molecule has 10 heteroatoms. The number of carbonyl (C=O) groups excluding carboxylic acids is 1. The predicted molar refractivity (Wildman–Crippen MR) is 123 cm³/mol. The number of nitrogens with one attached hydrogen (secondary N) is 1. The van der Waals surface area contributed by atoms with Gasteiger partial charge in [-0.25, -0.2) is 5.43 Å². The van der Waals surface area contributed by atoms with Crippen LogP contribution in [0.4, 0.5) is 5.69 Å². The molecule has 0 spiro atoms. The summed E-state index contributed by atoms with van der Waals surface area (Å²) in [6.45, 7) is 5.09. The van der Waals surface area contributed by atoms with E-state index in [-0.39, 0.29) is 11.4 Å². The maximum Gasteiger partial charge on any atom is 0.312 e. The van der Waals surface area contributed by atoms with E-state index in [2.05, 4.69) is 15.6 Å². The summed E-state index contributed by atoms with van der Waals surface area (Å²) in [5.74, 6) is 0.660. The minimum atomic E-state index is -0.780. The molecule has 0 radical (unpaired) electrons. The second-order valence-corrected chi connectivity index (χ2v) is 7.32. The second-order valence-electron chi connectivity index (χ2n) is 7.32. The van der Waals surface area contributed by atoms with E-state index in [1.54, 1.807) is 39.2 Å². The fourth-order valence-corrected chi connectivity index (χ4v) is 3.29. The number of rotatable bonds is 9. The zero-order chi connectivity index (χ0) is 24.0. The number of ether oxygens (including phenoxy) is 2. The van der Waals surface area contributed by atoms with E-state index >= 15 is 0 Å². The van der Waals surface area contributed by atoms with Crippen molar-refractivity contribution in [2.45, 2.75) is 33.4 Å². The molecule has 1 aromatic heterocycles. The van der Waals surface area contributed by atoms with Crippen molar-refractivity contribution in [2.24, 2.45) is 5.10 Å². The Labute approximate surface area is 191 Å². The minimum absolute atomic E-state index is 0.0974. The van der Waals surface area contributed by atoms with Crippen molar-refractivity contribution in [3.05, 3.63) is 81.2 Å². The third kappa shape index (κ3) is 5.53. The van der Waals surface area contributed by atoms with Crippen molar-refractivity contribution in [2.75, 3.05) is 7.11 Å². The maximum atomic E-state index is 12.5. The van der Waals surface area contributed by atoms with Gasteiger partial charge in [-0.3, -0.25) is 19.6 Å². The lowest BCUT2D eigenvalue weighted by Crippen LogP contribution is -2.28. The number of nitro groups is 1. The Morgan fingerprint density at radius 3 is 2.61 bits per heavy atom. The first kappa shape index (κ1) is 23.5. The van der Waals surface area contributed by atoms with E-state index in [1.165, 1.54) is 17.8 Å². The highest BCUT2D eigenvalue weighted by Crippen LogP contribution is 2.28. The van der Waals surface area contributed by atoms with Crippen LogP contribution in [0.25, 0.3) is 0 Å². The van der Waals surface area contributed by atoms with Gasteiger partial charge in [0.25, 0.3) is 5.91 Å². The number of aryl methyl sites for hydroxylation is 1. The van der Waals surface area contributed by atoms with Crippen molar-refractivity contribution in [1.82, 2.24) is 15.2 Å². The van der Waals surface area contributed by atoms with E-state index < -0.39 is 16.9 Å². The first-order valence-corrected chi connectivity index (χ1v) is 10.2. The second kappa shape index (κ2) is 10.4. The molecule has 1 N–H and O–H groups in total. The lowest BCUT2D eigenvalue weighted by Gasteiger charge is -2.12. The van der Waals surface area contributed by atoms with Crippen molar-refractivity contribution >= 4 is 17.8 Å². The van der Waals surface area contributed by atoms with Crippen LogP contribution in [0.3, 0.4) is 0 Å². The van der Waals surface area contributed by atoms with Crippen LogP contribution in [-0.4, -0.2) is 33.9 Å². The summed E-state index contributed by atoms with van der Waals surface area (Å²) in [7, 11) is 1.54. The number of methoxy groups -OCH3 is 1. The monoisotopic (exact) mass is 451 g/mol. The fourth-order valence-electron chi connectivity index (χ4n) is 3.29. The van der Waals surface area contributed by atoms with E-state index in [9.17, 15) is 14.9 Å². The van der Waals surface area contributed by atoms with E-state index in [0.29, 0.717) is 29.4 Å². The quantitative estimate of drug-likeness (QED) is 0.301. The molecule has 0 aliphatic heterocycles. The predicted octanol–water partition coefficient (Wildman–Crippen LogP) is 3.71. The number of benzene rings is 2. The first-order chi connectivity index (χ1) is 15.8. The SMILES string of the molecule is COc1cc(/C=N/NC(=O)C(C)n2nc(C)c([N+](=O)[O-])c2C)ccc1OCc1ccccc1. The van der Waals surface area contributed by atoms with E-state index in [1.807, 2.05) is 30.3 Å². The van der Waals surface area contributed by atoms with Crippen molar-refractivity contribution < 1.29 is 19.2 Å². The highest BCUT2D eigenvalue weighted by molar-refractivity contribution is 5.84. The Hall–Kier alpha value is -4.21. The van der Waals surface area contributed by atoms with Gasteiger partial charge in [0.2, 0.25) is 0 Å². The van der Waals surface area contributed by atoms with Gasteiger partial charge in [0.05, 0.1) is 18.2 Å². The number of aromatic nitrogens is 2. The van der Waals surface area contributed by atoms with Gasteiger partial charge in [0.1, 0.15) is 24.0 Å².